The Morgan fingerprint density at radius 3 is 2.82 bits per heavy atom. The van der Waals surface area contributed by atoms with Gasteiger partial charge in [0.1, 0.15) is 5.82 Å². The molecule has 0 radical (unpaired) electrons. The van der Waals surface area contributed by atoms with Gasteiger partial charge in [0.25, 0.3) is 0 Å². The summed E-state index contributed by atoms with van der Waals surface area (Å²) in [5, 5.41) is 3.19. The number of anilines is 1. The van der Waals surface area contributed by atoms with E-state index >= 15 is 0 Å². The Hall–Kier alpha value is -1.13. The fraction of sp³-hybridized carbons (Fsp3) is 0.538. The van der Waals surface area contributed by atoms with E-state index in [4.69, 9.17) is 4.74 Å². The van der Waals surface area contributed by atoms with Crippen molar-refractivity contribution >= 4 is 5.69 Å². The predicted molar refractivity (Wildman–Crippen MR) is 66.8 cm³/mol. The average Bonchev–Trinajstić information content (AvgIpc) is 2.38. The number of benzene rings is 1. The number of hydrogen-bond donors (Lipinski definition) is 1. The summed E-state index contributed by atoms with van der Waals surface area (Å²) in [6, 6.07) is 5.28. The van der Waals surface area contributed by atoms with Crippen LogP contribution in [0, 0.1) is 5.82 Å². The van der Waals surface area contributed by atoms with Gasteiger partial charge in [-0.25, -0.2) is 4.39 Å². The van der Waals surface area contributed by atoms with Crippen LogP contribution in [-0.4, -0.2) is 32.8 Å². The van der Waals surface area contributed by atoms with Crippen molar-refractivity contribution < 1.29 is 9.13 Å². The minimum Gasteiger partial charge on any atom is -0.378 e. The topological polar surface area (TPSA) is 24.5 Å². The van der Waals surface area contributed by atoms with Crippen LogP contribution in [0.3, 0.4) is 0 Å². The SMILES string of the molecule is CCNCc1c(F)cccc1N1CCOCC1. The van der Waals surface area contributed by atoms with Gasteiger partial charge < -0.3 is 15.0 Å². The molecule has 3 nitrogen and oxygen atoms in total. The zero-order chi connectivity index (χ0) is 12.1. The summed E-state index contributed by atoms with van der Waals surface area (Å²) >= 11 is 0. The smallest absolute Gasteiger partial charge is 0.129 e. The highest BCUT2D eigenvalue weighted by Crippen LogP contribution is 2.24. The number of hydrogen-bond acceptors (Lipinski definition) is 3. The van der Waals surface area contributed by atoms with Crippen LogP contribution in [-0.2, 0) is 11.3 Å². The highest BCUT2D eigenvalue weighted by molar-refractivity contribution is 5.54. The van der Waals surface area contributed by atoms with Crippen molar-refractivity contribution in [2.45, 2.75) is 13.5 Å². The van der Waals surface area contributed by atoms with Crippen LogP contribution in [0.1, 0.15) is 12.5 Å². The molecule has 0 bridgehead atoms. The summed E-state index contributed by atoms with van der Waals surface area (Å²) in [4.78, 5) is 2.19. The highest BCUT2D eigenvalue weighted by Gasteiger charge is 2.16. The van der Waals surface area contributed by atoms with Crippen molar-refractivity contribution in [2.24, 2.45) is 0 Å². The zero-order valence-corrected chi connectivity index (χ0v) is 10.2. The Morgan fingerprint density at radius 2 is 2.12 bits per heavy atom. The normalized spacial score (nSPS) is 16.2. The number of nitrogens with zero attached hydrogens (tertiary/aromatic N) is 1. The number of nitrogens with one attached hydrogen (secondary N) is 1. The van der Waals surface area contributed by atoms with Crippen molar-refractivity contribution in [1.82, 2.24) is 5.32 Å². The van der Waals surface area contributed by atoms with Crippen molar-refractivity contribution in [3.05, 3.63) is 29.6 Å². The Labute approximate surface area is 102 Å². The van der Waals surface area contributed by atoms with E-state index in [-0.39, 0.29) is 5.82 Å². The van der Waals surface area contributed by atoms with Crippen LogP contribution < -0.4 is 10.2 Å². The van der Waals surface area contributed by atoms with Crippen LogP contribution in [0.5, 0.6) is 0 Å². The lowest BCUT2D eigenvalue weighted by atomic mass is 10.1. The maximum Gasteiger partial charge on any atom is 0.129 e. The zero-order valence-electron chi connectivity index (χ0n) is 10.2. The first kappa shape index (κ1) is 12.3. The van der Waals surface area contributed by atoms with Crippen molar-refractivity contribution in [1.29, 1.82) is 0 Å². The van der Waals surface area contributed by atoms with E-state index in [1.807, 2.05) is 13.0 Å². The van der Waals surface area contributed by atoms with Crippen molar-refractivity contribution in [2.75, 3.05) is 37.7 Å². The number of halogens is 1. The molecule has 4 heteroatoms. The van der Waals surface area contributed by atoms with E-state index in [1.54, 1.807) is 6.07 Å². The Morgan fingerprint density at radius 1 is 1.35 bits per heavy atom. The van der Waals surface area contributed by atoms with Gasteiger partial charge in [0.05, 0.1) is 13.2 Å². The molecule has 1 saturated heterocycles. The lowest BCUT2D eigenvalue weighted by Crippen LogP contribution is -2.37. The summed E-state index contributed by atoms with van der Waals surface area (Å²) < 4.78 is 19.2. The van der Waals surface area contributed by atoms with Crippen LogP contribution >= 0.6 is 0 Å². The Bertz CT molecular complexity index is 364. The number of ether oxygens (including phenoxy) is 1. The lowest BCUT2D eigenvalue weighted by molar-refractivity contribution is 0.122. The van der Waals surface area contributed by atoms with Crippen LogP contribution in [0.25, 0.3) is 0 Å². The van der Waals surface area contributed by atoms with Crippen molar-refractivity contribution in [3.63, 3.8) is 0 Å². The highest BCUT2D eigenvalue weighted by atomic mass is 19.1. The third kappa shape index (κ3) is 2.96. The molecule has 0 atom stereocenters. The minimum absolute atomic E-state index is 0.130. The van der Waals surface area contributed by atoms with E-state index in [0.717, 1.165) is 44.1 Å². The summed E-state index contributed by atoms with van der Waals surface area (Å²) in [6.45, 7) is 6.56. The van der Waals surface area contributed by atoms with Crippen LogP contribution in [0.2, 0.25) is 0 Å². The lowest BCUT2D eigenvalue weighted by Gasteiger charge is -2.30. The number of morpholine rings is 1. The Kier molecular flexibility index (Phi) is 4.34. The first-order chi connectivity index (χ1) is 8.33. The van der Waals surface area contributed by atoms with Gasteiger partial charge in [-0.3, -0.25) is 0 Å². The summed E-state index contributed by atoms with van der Waals surface area (Å²) in [7, 11) is 0. The minimum atomic E-state index is -0.130. The molecule has 17 heavy (non-hydrogen) atoms. The van der Waals surface area contributed by atoms with Gasteiger partial charge in [0.2, 0.25) is 0 Å². The van der Waals surface area contributed by atoms with Gasteiger partial charge in [-0.15, -0.1) is 0 Å². The van der Waals surface area contributed by atoms with Gasteiger partial charge in [-0.05, 0) is 18.7 Å². The van der Waals surface area contributed by atoms with Crippen LogP contribution in [0.15, 0.2) is 18.2 Å². The molecule has 0 spiro atoms. The second-order valence-corrected chi connectivity index (χ2v) is 4.12. The fourth-order valence-corrected chi connectivity index (χ4v) is 2.07. The molecule has 0 saturated carbocycles. The molecule has 1 aromatic rings. The molecular formula is C13H19FN2O. The molecule has 0 aliphatic carbocycles. The standard InChI is InChI=1S/C13H19FN2O/c1-2-15-10-11-12(14)4-3-5-13(11)16-6-8-17-9-7-16/h3-5,15H,2,6-10H2,1H3. The molecule has 0 unspecified atom stereocenters. The van der Waals surface area contributed by atoms with Gasteiger partial charge in [0.15, 0.2) is 0 Å². The van der Waals surface area contributed by atoms with Gasteiger partial charge in [-0.2, -0.15) is 0 Å². The fourth-order valence-electron chi connectivity index (χ4n) is 2.07. The summed E-state index contributed by atoms with van der Waals surface area (Å²) in [6.07, 6.45) is 0. The van der Waals surface area contributed by atoms with Gasteiger partial charge >= 0.3 is 0 Å². The second-order valence-electron chi connectivity index (χ2n) is 4.12. The second kappa shape index (κ2) is 5.98. The summed E-state index contributed by atoms with van der Waals surface area (Å²) in [5.74, 6) is -0.130. The molecule has 1 aliphatic rings. The van der Waals surface area contributed by atoms with E-state index in [2.05, 4.69) is 10.2 Å². The monoisotopic (exact) mass is 238 g/mol. The third-order valence-electron chi connectivity index (χ3n) is 3.00. The first-order valence-electron chi connectivity index (χ1n) is 6.13. The van der Waals surface area contributed by atoms with E-state index in [1.165, 1.54) is 6.07 Å². The molecule has 1 fully saturated rings. The van der Waals surface area contributed by atoms with Gasteiger partial charge in [0, 0.05) is 30.9 Å². The van der Waals surface area contributed by atoms with Crippen molar-refractivity contribution in [3.8, 4) is 0 Å². The maximum absolute atomic E-state index is 13.8. The molecular weight excluding hydrogens is 219 g/mol. The molecule has 94 valence electrons. The third-order valence-corrected chi connectivity index (χ3v) is 3.00. The van der Waals surface area contributed by atoms with Gasteiger partial charge in [-0.1, -0.05) is 13.0 Å². The molecule has 2 rings (SSSR count). The quantitative estimate of drug-likeness (QED) is 0.865. The molecule has 1 aliphatic heterocycles. The van der Waals surface area contributed by atoms with E-state index in [9.17, 15) is 4.39 Å². The predicted octanol–water partition coefficient (Wildman–Crippen LogP) is 1.77. The van der Waals surface area contributed by atoms with E-state index < -0.39 is 0 Å². The largest absolute Gasteiger partial charge is 0.378 e. The maximum atomic E-state index is 13.8. The molecule has 1 heterocycles. The molecule has 1 aromatic carbocycles. The van der Waals surface area contributed by atoms with Crippen LogP contribution in [0.4, 0.5) is 10.1 Å². The molecule has 0 aromatic heterocycles. The summed E-state index contributed by atoms with van der Waals surface area (Å²) in [5.41, 5.74) is 1.76. The molecule has 0 amide bonds. The number of rotatable bonds is 4. The average molecular weight is 238 g/mol. The first-order valence-corrected chi connectivity index (χ1v) is 6.13. The molecule has 1 N–H and O–H groups in total. The Balaban J connectivity index is 2.21. The van der Waals surface area contributed by atoms with E-state index in [0.29, 0.717) is 6.54 Å².